The number of benzene rings is 1. The molecule has 114 valence electrons. The average Bonchev–Trinajstić information content (AvgIpc) is 2.80. The summed E-state index contributed by atoms with van der Waals surface area (Å²) in [5, 5.41) is 10.0. The van der Waals surface area contributed by atoms with E-state index in [0.717, 1.165) is 32.1 Å². The summed E-state index contributed by atoms with van der Waals surface area (Å²) in [6.07, 6.45) is 9.64. The zero-order valence-electron chi connectivity index (χ0n) is 12.4. The van der Waals surface area contributed by atoms with E-state index in [1.807, 2.05) is 6.07 Å². The van der Waals surface area contributed by atoms with Gasteiger partial charge < -0.3 is 5.11 Å². The van der Waals surface area contributed by atoms with Crippen LogP contribution in [0.4, 0.5) is 0 Å². The minimum Gasteiger partial charge on any atom is -0.393 e. The van der Waals surface area contributed by atoms with Crippen molar-refractivity contribution < 1.29 is 9.90 Å². The van der Waals surface area contributed by atoms with Crippen LogP contribution in [0.5, 0.6) is 0 Å². The standard InChI is InChI=1S/C18H25O2P/c19-17-12-11-15(13-18(20)21)16(17)10-6-2-5-9-14-7-3-1-4-8-14/h1,3-4,6-8,10,15-17,19H,2,5,9,11-13,21H2. The van der Waals surface area contributed by atoms with Gasteiger partial charge in [-0.25, -0.2) is 0 Å². The molecule has 0 spiro atoms. The van der Waals surface area contributed by atoms with Crippen LogP contribution in [0.25, 0.3) is 0 Å². The maximum absolute atomic E-state index is 11.2. The lowest BCUT2D eigenvalue weighted by molar-refractivity contribution is -0.112. The van der Waals surface area contributed by atoms with E-state index in [1.54, 1.807) is 0 Å². The molecule has 1 aliphatic rings. The first-order chi connectivity index (χ1) is 10.2. The van der Waals surface area contributed by atoms with Crippen molar-refractivity contribution in [3.8, 4) is 0 Å². The van der Waals surface area contributed by atoms with Gasteiger partial charge in [0, 0.05) is 12.3 Å². The summed E-state index contributed by atoms with van der Waals surface area (Å²) in [5.41, 5.74) is 1.52. The molecule has 21 heavy (non-hydrogen) atoms. The Balaban J connectivity index is 1.75. The number of aliphatic hydroxyl groups excluding tert-OH is 1. The van der Waals surface area contributed by atoms with E-state index in [-0.39, 0.29) is 17.5 Å². The van der Waals surface area contributed by atoms with Crippen LogP contribution in [0.15, 0.2) is 42.5 Å². The van der Waals surface area contributed by atoms with Crippen LogP contribution in [-0.4, -0.2) is 16.7 Å². The topological polar surface area (TPSA) is 37.3 Å². The fourth-order valence-electron chi connectivity index (χ4n) is 3.19. The highest BCUT2D eigenvalue weighted by Gasteiger charge is 2.33. The summed E-state index contributed by atoms with van der Waals surface area (Å²) in [5.74, 6) is 0.474. The summed E-state index contributed by atoms with van der Waals surface area (Å²) in [6, 6.07) is 10.5. The molecular weight excluding hydrogens is 279 g/mol. The van der Waals surface area contributed by atoms with Crippen molar-refractivity contribution in [1.82, 2.24) is 0 Å². The summed E-state index contributed by atoms with van der Waals surface area (Å²) in [4.78, 5) is 11.2. The second kappa shape index (κ2) is 8.46. The highest BCUT2D eigenvalue weighted by Crippen LogP contribution is 2.36. The monoisotopic (exact) mass is 304 g/mol. The van der Waals surface area contributed by atoms with E-state index in [4.69, 9.17) is 0 Å². The van der Waals surface area contributed by atoms with Gasteiger partial charge in [-0.2, -0.15) is 0 Å². The van der Waals surface area contributed by atoms with Crippen molar-refractivity contribution in [3.63, 3.8) is 0 Å². The van der Waals surface area contributed by atoms with Crippen LogP contribution in [-0.2, 0) is 11.2 Å². The molecule has 0 amide bonds. The molecular formula is C18H25O2P. The van der Waals surface area contributed by atoms with Crippen molar-refractivity contribution in [2.45, 2.75) is 44.6 Å². The molecule has 0 bridgehead atoms. The van der Waals surface area contributed by atoms with Gasteiger partial charge in [0.25, 0.3) is 0 Å². The molecule has 0 radical (unpaired) electrons. The highest BCUT2D eigenvalue weighted by atomic mass is 31.0. The molecule has 3 heteroatoms. The number of aryl methyl sites for hydroxylation is 1. The van der Waals surface area contributed by atoms with Crippen molar-refractivity contribution in [2.24, 2.45) is 11.8 Å². The molecule has 2 rings (SSSR count). The van der Waals surface area contributed by atoms with E-state index in [0.29, 0.717) is 12.3 Å². The third kappa shape index (κ3) is 5.37. The molecule has 1 saturated carbocycles. The highest BCUT2D eigenvalue weighted by molar-refractivity contribution is 7.40. The summed E-state index contributed by atoms with van der Waals surface area (Å²) >= 11 is 0. The lowest BCUT2D eigenvalue weighted by Gasteiger charge is -2.17. The van der Waals surface area contributed by atoms with Crippen LogP contribution in [0.3, 0.4) is 0 Å². The molecule has 1 fully saturated rings. The number of unbranched alkanes of at least 4 members (excludes halogenated alkanes) is 1. The minimum atomic E-state index is -0.273. The van der Waals surface area contributed by atoms with Crippen LogP contribution in [0.2, 0.25) is 0 Å². The average molecular weight is 304 g/mol. The number of carbonyl (C=O) groups excluding carboxylic acids is 1. The van der Waals surface area contributed by atoms with Gasteiger partial charge in [-0.05, 0) is 43.6 Å². The molecule has 0 heterocycles. The number of carbonyl (C=O) groups is 1. The number of hydrogen-bond acceptors (Lipinski definition) is 2. The maximum Gasteiger partial charge on any atom is 0.148 e. The zero-order chi connectivity index (χ0) is 15.1. The normalized spacial score (nSPS) is 25.5. The van der Waals surface area contributed by atoms with Gasteiger partial charge in [0.1, 0.15) is 5.52 Å². The molecule has 0 saturated heterocycles. The van der Waals surface area contributed by atoms with Gasteiger partial charge >= 0.3 is 0 Å². The number of allylic oxidation sites excluding steroid dienone is 1. The fourth-order valence-corrected chi connectivity index (χ4v) is 3.49. The van der Waals surface area contributed by atoms with Gasteiger partial charge in [0.15, 0.2) is 0 Å². The Hall–Kier alpha value is -0.980. The lowest BCUT2D eigenvalue weighted by atomic mass is 9.91. The number of aliphatic hydroxyl groups is 1. The first kappa shape index (κ1) is 16.4. The molecule has 4 atom stereocenters. The molecule has 1 aliphatic carbocycles. The van der Waals surface area contributed by atoms with E-state index in [1.165, 1.54) is 5.56 Å². The van der Waals surface area contributed by atoms with Crippen molar-refractivity contribution in [3.05, 3.63) is 48.0 Å². The maximum atomic E-state index is 11.2. The molecule has 4 unspecified atom stereocenters. The molecule has 0 aromatic heterocycles. The third-order valence-electron chi connectivity index (χ3n) is 4.32. The van der Waals surface area contributed by atoms with Crippen molar-refractivity contribution >= 4 is 14.8 Å². The Morgan fingerprint density at radius 2 is 2.05 bits per heavy atom. The minimum absolute atomic E-state index is 0.150. The Labute approximate surface area is 129 Å². The van der Waals surface area contributed by atoms with E-state index < -0.39 is 0 Å². The SMILES string of the molecule is O=C(P)CC1CCC(O)C1C=CCCCc1ccccc1. The van der Waals surface area contributed by atoms with Crippen LogP contribution < -0.4 is 0 Å². The molecule has 2 nitrogen and oxygen atoms in total. The number of hydrogen-bond donors (Lipinski definition) is 1. The smallest absolute Gasteiger partial charge is 0.148 e. The van der Waals surface area contributed by atoms with Crippen LogP contribution in [0.1, 0.15) is 37.7 Å². The second-order valence-corrected chi connectivity index (χ2v) is 6.60. The van der Waals surface area contributed by atoms with Crippen LogP contribution in [0, 0.1) is 11.8 Å². The Kier molecular flexibility index (Phi) is 6.60. The Morgan fingerprint density at radius 1 is 1.29 bits per heavy atom. The first-order valence-electron chi connectivity index (χ1n) is 7.84. The fraction of sp³-hybridized carbons (Fsp3) is 0.500. The lowest BCUT2D eigenvalue weighted by Crippen LogP contribution is -2.18. The Morgan fingerprint density at radius 3 is 2.76 bits per heavy atom. The van der Waals surface area contributed by atoms with Gasteiger partial charge in [0.2, 0.25) is 0 Å². The predicted octanol–water partition coefficient (Wildman–Crippen LogP) is 3.74. The summed E-state index contributed by atoms with van der Waals surface area (Å²) in [7, 11) is 2.25. The summed E-state index contributed by atoms with van der Waals surface area (Å²) in [6.45, 7) is 0. The Bertz CT molecular complexity index is 469. The second-order valence-electron chi connectivity index (χ2n) is 5.96. The van der Waals surface area contributed by atoms with Gasteiger partial charge in [-0.3, -0.25) is 4.79 Å². The van der Waals surface area contributed by atoms with E-state index >= 15 is 0 Å². The van der Waals surface area contributed by atoms with Gasteiger partial charge in [-0.15, -0.1) is 0 Å². The molecule has 1 N–H and O–H groups in total. The summed E-state index contributed by atoms with van der Waals surface area (Å²) < 4.78 is 0. The van der Waals surface area contributed by atoms with Crippen molar-refractivity contribution in [1.29, 1.82) is 0 Å². The van der Waals surface area contributed by atoms with Crippen LogP contribution >= 0.6 is 9.24 Å². The van der Waals surface area contributed by atoms with E-state index in [9.17, 15) is 9.90 Å². The van der Waals surface area contributed by atoms with Crippen molar-refractivity contribution in [2.75, 3.05) is 0 Å². The quantitative estimate of drug-likeness (QED) is 0.473. The molecule has 1 aromatic rings. The first-order valence-corrected chi connectivity index (χ1v) is 8.41. The molecule has 1 aromatic carbocycles. The zero-order valence-corrected chi connectivity index (χ0v) is 13.6. The molecule has 0 aliphatic heterocycles. The van der Waals surface area contributed by atoms with Gasteiger partial charge in [-0.1, -0.05) is 51.7 Å². The largest absolute Gasteiger partial charge is 0.393 e. The number of rotatable bonds is 7. The van der Waals surface area contributed by atoms with E-state index in [2.05, 4.69) is 45.7 Å². The predicted molar refractivity (Wildman–Crippen MR) is 90.1 cm³/mol. The van der Waals surface area contributed by atoms with Gasteiger partial charge in [0.05, 0.1) is 6.10 Å². The third-order valence-corrected chi connectivity index (χ3v) is 4.56.